The Balaban J connectivity index is 2.57. The lowest BCUT2D eigenvalue weighted by molar-refractivity contribution is -0.139. The van der Waals surface area contributed by atoms with Gasteiger partial charge in [-0.15, -0.1) is 0 Å². The predicted molar refractivity (Wildman–Crippen MR) is 126 cm³/mol. The molecule has 0 bridgehead atoms. The quantitative estimate of drug-likeness (QED) is 0.267. The minimum atomic E-state index is -0.873. The average molecular weight is 502 g/mol. The van der Waals surface area contributed by atoms with Crippen molar-refractivity contribution in [2.24, 2.45) is 5.73 Å². The third-order valence-electron chi connectivity index (χ3n) is 4.63. The van der Waals surface area contributed by atoms with Gasteiger partial charge in [0.15, 0.2) is 5.11 Å². The molecule has 0 radical (unpaired) electrons. The zero-order valence-corrected chi connectivity index (χ0v) is 20.2. The van der Waals surface area contributed by atoms with Gasteiger partial charge in [-0.2, -0.15) is 0 Å². The fraction of sp³-hybridized carbons (Fsp3) is 0.381. The van der Waals surface area contributed by atoms with E-state index in [0.717, 1.165) is 0 Å². The van der Waals surface area contributed by atoms with E-state index in [1.54, 1.807) is 32.0 Å². The van der Waals surface area contributed by atoms with Crippen molar-refractivity contribution in [3.8, 4) is 0 Å². The number of carbonyl (C=O) groups is 2. The van der Waals surface area contributed by atoms with E-state index in [9.17, 15) is 9.59 Å². The van der Waals surface area contributed by atoms with E-state index in [1.165, 1.54) is 7.11 Å². The first kappa shape index (κ1) is 25.9. The molecule has 4 N–H and O–H groups in total. The number of dihydropyridines is 1. The molecule has 0 spiro atoms. The van der Waals surface area contributed by atoms with Crippen molar-refractivity contribution in [1.29, 1.82) is 0 Å². The van der Waals surface area contributed by atoms with Gasteiger partial charge in [0.25, 0.3) is 0 Å². The highest BCUT2D eigenvalue weighted by atomic mass is 35.5. The molecule has 11 heteroatoms. The second-order valence-corrected chi connectivity index (χ2v) is 7.91. The van der Waals surface area contributed by atoms with E-state index in [-0.39, 0.29) is 46.1 Å². The molecule has 1 atom stereocenters. The molecule has 1 aromatic rings. The number of benzene rings is 1. The Hall–Kier alpha value is -2.33. The molecule has 0 aliphatic carbocycles. The number of thiocarbonyl (C=S) groups is 1. The molecule has 8 nitrogen and oxygen atoms in total. The molecule has 174 valence electrons. The maximum atomic E-state index is 13.1. The molecule has 32 heavy (non-hydrogen) atoms. The number of halogens is 2. The van der Waals surface area contributed by atoms with Crippen molar-refractivity contribution in [1.82, 2.24) is 10.6 Å². The second-order valence-electron chi connectivity index (χ2n) is 6.69. The van der Waals surface area contributed by atoms with Crippen molar-refractivity contribution in [3.05, 3.63) is 56.3 Å². The maximum absolute atomic E-state index is 13.1. The molecule has 0 amide bonds. The molecule has 1 aliphatic heterocycles. The first-order valence-electron chi connectivity index (χ1n) is 9.74. The fourth-order valence-corrected chi connectivity index (χ4v) is 3.83. The summed E-state index contributed by atoms with van der Waals surface area (Å²) in [6.07, 6.45) is 0. The Labute approximate surface area is 202 Å². The van der Waals surface area contributed by atoms with Crippen LogP contribution in [0.1, 0.15) is 25.3 Å². The summed E-state index contributed by atoms with van der Waals surface area (Å²) in [5, 5.41) is 6.53. The van der Waals surface area contributed by atoms with E-state index in [2.05, 4.69) is 10.6 Å². The van der Waals surface area contributed by atoms with Gasteiger partial charge in [-0.05, 0) is 37.7 Å². The first-order valence-corrected chi connectivity index (χ1v) is 10.9. The van der Waals surface area contributed by atoms with Gasteiger partial charge in [0, 0.05) is 12.2 Å². The van der Waals surface area contributed by atoms with Crippen molar-refractivity contribution in [2.75, 3.05) is 33.5 Å². The highest BCUT2D eigenvalue weighted by molar-refractivity contribution is 7.80. The lowest BCUT2D eigenvalue weighted by atomic mass is 9.80. The summed E-state index contributed by atoms with van der Waals surface area (Å²) in [7, 11) is 1.26. The van der Waals surface area contributed by atoms with Crippen LogP contribution >= 0.6 is 35.4 Å². The number of methoxy groups -OCH3 is 1. The molecule has 2 rings (SSSR count). The molecule has 0 fully saturated rings. The molecule has 1 unspecified atom stereocenters. The molecule has 0 saturated heterocycles. The summed E-state index contributed by atoms with van der Waals surface area (Å²) in [5.74, 6) is -2.10. The number of carbonyl (C=O) groups excluding carboxylic acids is 2. The van der Waals surface area contributed by atoms with Crippen LogP contribution in [0.2, 0.25) is 10.0 Å². The third-order valence-corrected chi connectivity index (χ3v) is 5.61. The summed E-state index contributed by atoms with van der Waals surface area (Å²) in [6.45, 7) is 4.23. The van der Waals surface area contributed by atoms with Crippen LogP contribution in [0, 0.1) is 0 Å². The number of nitrogens with one attached hydrogen (secondary N) is 2. The monoisotopic (exact) mass is 501 g/mol. The predicted octanol–water partition coefficient (Wildman–Crippen LogP) is 2.79. The van der Waals surface area contributed by atoms with Gasteiger partial charge < -0.3 is 30.6 Å². The number of hydrogen-bond acceptors (Lipinski definition) is 7. The molecule has 1 aromatic carbocycles. The number of rotatable bonds is 9. The summed E-state index contributed by atoms with van der Waals surface area (Å²) in [4.78, 5) is 25.8. The van der Waals surface area contributed by atoms with Gasteiger partial charge in [-0.3, -0.25) is 0 Å². The van der Waals surface area contributed by atoms with Gasteiger partial charge in [0.2, 0.25) is 0 Å². The Bertz CT molecular complexity index is 965. The number of esters is 2. The van der Waals surface area contributed by atoms with Crippen molar-refractivity contribution in [2.45, 2.75) is 19.8 Å². The summed E-state index contributed by atoms with van der Waals surface area (Å²) >= 11 is 17.5. The summed E-state index contributed by atoms with van der Waals surface area (Å²) < 4.78 is 16.0. The Morgan fingerprint density at radius 3 is 2.59 bits per heavy atom. The van der Waals surface area contributed by atoms with Crippen LogP contribution in [-0.2, 0) is 23.8 Å². The molecular formula is C21H25Cl2N3O5S. The van der Waals surface area contributed by atoms with Crippen molar-refractivity contribution >= 4 is 52.5 Å². The fourth-order valence-electron chi connectivity index (χ4n) is 3.32. The van der Waals surface area contributed by atoms with Gasteiger partial charge in [-0.25, -0.2) is 9.59 Å². The van der Waals surface area contributed by atoms with Crippen molar-refractivity contribution in [3.63, 3.8) is 0 Å². The van der Waals surface area contributed by atoms with E-state index in [1.807, 2.05) is 0 Å². The minimum absolute atomic E-state index is 0.0354. The molecule has 0 saturated carbocycles. The van der Waals surface area contributed by atoms with Gasteiger partial charge in [-0.1, -0.05) is 35.3 Å². The zero-order valence-electron chi connectivity index (χ0n) is 17.9. The lowest BCUT2D eigenvalue weighted by Crippen LogP contribution is -2.35. The molecule has 0 aromatic heterocycles. The SMILES string of the molecule is CCOC(=O)C1=C(COCCNC(N)=S)NC(C)=C(C(=O)OC)C1c1cccc(Cl)c1Cl. The van der Waals surface area contributed by atoms with Gasteiger partial charge in [0.1, 0.15) is 0 Å². The smallest absolute Gasteiger partial charge is 0.336 e. The minimum Gasteiger partial charge on any atom is -0.466 e. The van der Waals surface area contributed by atoms with Crippen LogP contribution in [0.15, 0.2) is 40.7 Å². The number of hydrogen-bond donors (Lipinski definition) is 3. The molecule has 1 aliphatic rings. The first-order chi connectivity index (χ1) is 15.2. The van der Waals surface area contributed by atoms with Crippen LogP contribution in [0.4, 0.5) is 0 Å². The van der Waals surface area contributed by atoms with Gasteiger partial charge in [0.05, 0.1) is 59.7 Å². The van der Waals surface area contributed by atoms with E-state index in [0.29, 0.717) is 23.5 Å². The third kappa shape index (κ3) is 6.13. The molecule has 1 heterocycles. The Morgan fingerprint density at radius 2 is 1.97 bits per heavy atom. The number of ether oxygens (including phenoxy) is 3. The largest absolute Gasteiger partial charge is 0.466 e. The second kappa shape index (κ2) is 12.1. The molecular weight excluding hydrogens is 477 g/mol. The van der Waals surface area contributed by atoms with E-state index >= 15 is 0 Å². The van der Waals surface area contributed by atoms with Gasteiger partial charge >= 0.3 is 11.9 Å². The van der Waals surface area contributed by atoms with Crippen LogP contribution in [0.5, 0.6) is 0 Å². The van der Waals surface area contributed by atoms with Crippen LogP contribution in [0.25, 0.3) is 0 Å². The van der Waals surface area contributed by atoms with E-state index in [4.69, 9.17) is 55.4 Å². The summed E-state index contributed by atoms with van der Waals surface area (Å²) in [6, 6.07) is 5.01. The number of allylic oxidation sites excluding steroid dienone is 1. The topological polar surface area (TPSA) is 112 Å². The zero-order chi connectivity index (χ0) is 23.8. The lowest BCUT2D eigenvalue weighted by Gasteiger charge is -2.31. The summed E-state index contributed by atoms with van der Waals surface area (Å²) in [5.41, 5.74) is 7.21. The average Bonchev–Trinajstić information content (AvgIpc) is 2.74. The van der Waals surface area contributed by atoms with Crippen molar-refractivity contribution < 1.29 is 23.8 Å². The van der Waals surface area contributed by atoms with Crippen LogP contribution in [0.3, 0.4) is 0 Å². The normalized spacial score (nSPS) is 15.8. The standard InChI is InChI=1S/C21H25Cl2N3O5S/c1-4-31-20(28)17-14(10-30-9-8-25-21(24)32)26-11(2)15(19(27)29-3)16(17)12-6-5-7-13(22)18(12)23/h5-7,16,26H,4,8-10H2,1-3H3,(H3,24,25,32). The van der Waals surface area contributed by atoms with E-state index < -0.39 is 17.9 Å². The van der Waals surface area contributed by atoms with Crippen LogP contribution < -0.4 is 16.4 Å². The maximum Gasteiger partial charge on any atom is 0.336 e. The van der Waals surface area contributed by atoms with Crippen LogP contribution in [-0.4, -0.2) is 50.5 Å². The Morgan fingerprint density at radius 1 is 1.25 bits per heavy atom. The highest BCUT2D eigenvalue weighted by Gasteiger charge is 2.40. The highest BCUT2D eigenvalue weighted by Crippen LogP contribution is 2.43. The Kier molecular flexibility index (Phi) is 9.77. The number of nitrogens with two attached hydrogens (primary N) is 1.